The maximum Gasteiger partial charge on any atom is 0.197 e. The Morgan fingerprint density at radius 2 is 1.37 bits per heavy atom. The molecular weight excluding hydrogens is 596 g/mol. The zero-order valence-corrected chi connectivity index (χ0v) is 24.1. The van der Waals surface area contributed by atoms with E-state index >= 15 is 0 Å². The summed E-state index contributed by atoms with van der Waals surface area (Å²) in [6.07, 6.45) is -1.58. The molecule has 0 radical (unpaired) electrons. The van der Waals surface area contributed by atoms with Gasteiger partial charge in [0.25, 0.3) is 0 Å². The minimum atomic E-state index is -1.23. The molecular formula is C35H26O11. The lowest BCUT2D eigenvalue weighted by Gasteiger charge is -2.20. The van der Waals surface area contributed by atoms with E-state index in [1.807, 2.05) is 0 Å². The second-order valence-corrected chi connectivity index (χ2v) is 10.9. The van der Waals surface area contributed by atoms with Gasteiger partial charge in [0.05, 0.1) is 11.7 Å². The maximum absolute atomic E-state index is 13.6. The number of hydrogen-bond acceptors (Lipinski definition) is 11. The first-order valence-corrected chi connectivity index (χ1v) is 13.8. The van der Waals surface area contributed by atoms with Crippen molar-refractivity contribution in [3.05, 3.63) is 105 Å². The molecule has 0 amide bonds. The molecule has 0 saturated carbocycles. The Hall–Kier alpha value is -6.20. The Morgan fingerprint density at radius 1 is 0.717 bits per heavy atom. The molecule has 0 aliphatic heterocycles. The van der Waals surface area contributed by atoms with Crippen LogP contribution in [0.25, 0.3) is 55.7 Å². The number of phenols is 6. The van der Waals surface area contributed by atoms with Crippen LogP contribution in [-0.2, 0) is 6.42 Å². The third-order valence-electron chi connectivity index (χ3n) is 7.67. The quantitative estimate of drug-likeness (QED) is 0.114. The first-order chi connectivity index (χ1) is 21.8. The number of hydrogen-bond donors (Lipinski definition) is 7. The van der Waals surface area contributed by atoms with Crippen LogP contribution in [0.3, 0.4) is 0 Å². The van der Waals surface area contributed by atoms with Gasteiger partial charge in [0.2, 0.25) is 0 Å². The summed E-state index contributed by atoms with van der Waals surface area (Å²) in [5, 5.41) is 73.8. The van der Waals surface area contributed by atoms with Crippen LogP contribution in [0.4, 0.5) is 0 Å². The van der Waals surface area contributed by atoms with E-state index in [1.165, 1.54) is 42.5 Å². The summed E-state index contributed by atoms with van der Waals surface area (Å²) in [5.41, 5.74) is -1.46. The summed E-state index contributed by atoms with van der Waals surface area (Å²) in [6.45, 7) is 5.26. The van der Waals surface area contributed by atoms with Crippen LogP contribution in [0.15, 0.2) is 97.3 Å². The van der Waals surface area contributed by atoms with E-state index in [4.69, 9.17) is 8.83 Å². The molecule has 46 heavy (non-hydrogen) atoms. The molecule has 11 heteroatoms. The van der Waals surface area contributed by atoms with Gasteiger partial charge in [0.15, 0.2) is 16.4 Å². The molecule has 4 aromatic carbocycles. The third kappa shape index (κ3) is 5.04. The smallest absolute Gasteiger partial charge is 0.197 e. The predicted octanol–water partition coefficient (Wildman–Crippen LogP) is 5.61. The Morgan fingerprint density at radius 3 is 2.07 bits per heavy atom. The number of aliphatic hydroxyl groups is 1. The van der Waals surface area contributed by atoms with Crippen molar-refractivity contribution in [1.29, 1.82) is 0 Å². The lowest BCUT2D eigenvalue weighted by molar-refractivity contribution is 0.209. The summed E-state index contributed by atoms with van der Waals surface area (Å²) in [6, 6.07) is 13.9. The lowest BCUT2D eigenvalue weighted by Crippen LogP contribution is -2.13. The van der Waals surface area contributed by atoms with E-state index in [0.717, 1.165) is 24.3 Å². The molecule has 0 saturated heterocycles. The number of aliphatic hydroxyl groups excluding tert-OH is 1. The Kier molecular flexibility index (Phi) is 7.18. The fourth-order valence-corrected chi connectivity index (χ4v) is 5.33. The van der Waals surface area contributed by atoms with Crippen LogP contribution < -0.4 is 10.9 Å². The van der Waals surface area contributed by atoms with E-state index in [1.54, 1.807) is 6.92 Å². The highest BCUT2D eigenvalue weighted by Gasteiger charge is 2.28. The van der Waals surface area contributed by atoms with Gasteiger partial charge in [-0.1, -0.05) is 12.2 Å². The van der Waals surface area contributed by atoms with Crippen molar-refractivity contribution in [3.8, 4) is 68.3 Å². The molecule has 7 N–H and O–H groups in total. The largest absolute Gasteiger partial charge is 0.508 e. The average Bonchev–Trinajstić information content (AvgIpc) is 2.98. The predicted molar refractivity (Wildman–Crippen MR) is 169 cm³/mol. The molecule has 1 atom stereocenters. The molecule has 0 fully saturated rings. The fraction of sp³-hybridized carbons (Fsp3) is 0.0857. The molecule has 6 aromatic rings. The summed E-state index contributed by atoms with van der Waals surface area (Å²) < 4.78 is 12.1. The molecule has 0 aliphatic rings. The topological polar surface area (TPSA) is 202 Å². The van der Waals surface area contributed by atoms with Gasteiger partial charge in [0.1, 0.15) is 62.4 Å². The second kappa shape index (κ2) is 11.1. The first kappa shape index (κ1) is 29.9. The number of rotatable bonds is 6. The Balaban J connectivity index is 1.74. The normalized spacial score (nSPS) is 12.0. The summed E-state index contributed by atoms with van der Waals surface area (Å²) in [5.74, 6) is -2.56. The van der Waals surface area contributed by atoms with Gasteiger partial charge >= 0.3 is 0 Å². The first-order valence-electron chi connectivity index (χ1n) is 13.8. The van der Waals surface area contributed by atoms with Crippen LogP contribution >= 0.6 is 0 Å². The molecule has 2 aromatic heterocycles. The van der Waals surface area contributed by atoms with Gasteiger partial charge < -0.3 is 44.6 Å². The van der Waals surface area contributed by atoms with Crippen molar-refractivity contribution in [2.75, 3.05) is 0 Å². The van der Waals surface area contributed by atoms with Crippen molar-refractivity contribution < 1.29 is 44.6 Å². The van der Waals surface area contributed by atoms with Gasteiger partial charge in [-0.3, -0.25) is 9.59 Å². The standard InChI is InChI=1S/C35H26O11/c1-15(2)23(39)12-22-33(43)30(35-32(34(22)44)26(42)13-27(46-35)16-3-5-17(36)6-4-16)21-9-18(37)7-8-20(21)28-14-25(41)31-24(40)10-19(38)11-29(31)45-28/h3-11,13-14,23,36-40,43-44H,1,12H2,2H3. The molecule has 232 valence electrons. The molecule has 6 rings (SSSR count). The third-order valence-corrected chi connectivity index (χ3v) is 7.67. The van der Waals surface area contributed by atoms with Gasteiger partial charge in [0, 0.05) is 52.9 Å². The number of benzene rings is 4. The van der Waals surface area contributed by atoms with Crippen molar-refractivity contribution >= 4 is 21.9 Å². The zero-order valence-electron chi connectivity index (χ0n) is 24.1. The summed E-state index contributed by atoms with van der Waals surface area (Å²) in [7, 11) is 0. The minimum absolute atomic E-state index is 0.00792. The highest BCUT2D eigenvalue weighted by atomic mass is 16.3. The van der Waals surface area contributed by atoms with Gasteiger partial charge in [-0.2, -0.15) is 0 Å². The van der Waals surface area contributed by atoms with Crippen LogP contribution in [0, 0.1) is 0 Å². The number of phenolic OH excluding ortho intramolecular Hbond substituents is 6. The minimum Gasteiger partial charge on any atom is -0.508 e. The van der Waals surface area contributed by atoms with E-state index in [0.29, 0.717) is 11.1 Å². The van der Waals surface area contributed by atoms with E-state index in [-0.39, 0.29) is 79.4 Å². The lowest BCUT2D eigenvalue weighted by atomic mass is 9.90. The second-order valence-electron chi connectivity index (χ2n) is 10.9. The van der Waals surface area contributed by atoms with E-state index in [9.17, 15) is 45.3 Å². The summed E-state index contributed by atoms with van der Waals surface area (Å²) >= 11 is 0. The van der Waals surface area contributed by atoms with Crippen molar-refractivity contribution in [2.24, 2.45) is 0 Å². The van der Waals surface area contributed by atoms with Gasteiger partial charge in [-0.15, -0.1) is 0 Å². The highest BCUT2D eigenvalue weighted by molar-refractivity contribution is 6.04. The highest BCUT2D eigenvalue weighted by Crippen LogP contribution is 2.49. The molecule has 0 aliphatic carbocycles. The number of fused-ring (bicyclic) bond motifs is 2. The SMILES string of the molecule is C=C(C)C(O)Cc1c(O)c(-c2cc(O)ccc2-c2cc(=O)c3c(O)cc(O)cc3o2)c2oc(-c3ccc(O)cc3)cc(=O)c2c1O. The monoisotopic (exact) mass is 622 g/mol. The summed E-state index contributed by atoms with van der Waals surface area (Å²) in [4.78, 5) is 26.7. The molecule has 2 heterocycles. The molecule has 11 nitrogen and oxygen atoms in total. The molecule has 0 bridgehead atoms. The van der Waals surface area contributed by atoms with Crippen molar-refractivity contribution in [2.45, 2.75) is 19.4 Å². The van der Waals surface area contributed by atoms with Crippen LogP contribution in [0.5, 0.6) is 34.5 Å². The Bertz CT molecular complexity index is 2330. The fourth-order valence-electron chi connectivity index (χ4n) is 5.33. The van der Waals surface area contributed by atoms with Crippen molar-refractivity contribution in [3.63, 3.8) is 0 Å². The van der Waals surface area contributed by atoms with Crippen molar-refractivity contribution in [1.82, 2.24) is 0 Å². The van der Waals surface area contributed by atoms with E-state index in [2.05, 4.69) is 6.58 Å². The van der Waals surface area contributed by atoms with Gasteiger partial charge in [-0.05, 0) is 49.4 Å². The average molecular weight is 623 g/mol. The molecule has 1 unspecified atom stereocenters. The Labute approximate surface area is 259 Å². The molecule has 0 spiro atoms. The van der Waals surface area contributed by atoms with Crippen LogP contribution in [0.1, 0.15) is 12.5 Å². The maximum atomic E-state index is 13.6. The van der Waals surface area contributed by atoms with E-state index < -0.39 is 34.2 Å². The van der Waals surface area contributed by atoms with Crippen LogP contribution in [0.2, 0.25) is 0 Å². The van der Waals surface area contributed by atoms with Crippen LogP contribution in [-0.4, -0.2) is 41.8 Å². The number of aromatic hydroxyl groups is 6. The van der Waals surface area contributed by atoms with Gasteiger partial charge in [-0.25, -0.2) is 0 Å². The zero-order chi connectivity index (χ0) is 33.0.